The summed E-state index contributed by atoms with van der Waals surface area (Å²) in [4.78, 5) is 37.5. The molecule has 1 fully saturated rings. The van der Waals surface area contributed by atoms with Gasteiger partial charge in [-0.05, 0) is 25.8 Å². The number of hydrogen-bond donors (Lipinski definition) is 4. The zero-order chi connectivity index (χ0) is 19.6. The van der Waals surface area contributed by atoms with E-state index in [2.05, 4.69) is 26.8 Å². The number of aromatic amines is 1. The van der Waals surface area contributed by atoms with Crippen LogP contribution in [0.2, 0.25) is 0 Å². The third-order valence-electron chi connectivity index (χ3n) is 4.58. The number of anilines is 1. The Morgan fingerprint density at radius 3 is 2.81 bits per heavy atom. The number of likely N-dealkylation sites (tertiary alicyclic amines) is 1. The largest absolute Gasteiger partial charge is 0.344 e. The van der Waals surface area contributed by atoms with E-state index in [-0.39, 0.29) is 17.9 Å². The van der Waals surface area contributed by atoms with Crippen LogP contribution in [0.1, 0.15) is 30.1 Å². The molecule has 2 aromatic heterocycles. The number of hydrogen-bond acceptors (Lipinski definition) is 7. The van der Waals surface area contributed by atoms with Crippen LogP contribution in [0.3, 0.4) is 0 Å². The molecule has 1 aliphatic heterocycles. The highest BCUT2D eigenvalue weighted by Crippen LogP contribution is 2.22. The highest BCUT2D eigenvalue weighted by atomic mass is 16.2. The molecule has 0 aromatic carbocycles. The summed E-state index contributed by atoms with van der Waals surface area (Å²) in [5, 5.41) is 4.19. The highest BCUT2D eigenvalue weighted by molar-refractivity contribution is 6.04. The topological polar surface area (TPSA) is 146 Å². The normalized spacial score (nSPS) is 16.2. The average molecular weight is 372 g/mol. The molecule has 3 heterocycles. The molecule has 0 radical (unpaired) electrons. The van der Waals surface area contributed by atoms with Crippen LogP contribution in [0.25, 0.3) is 11.2 Å². The van der Waals surface area contributed by atoms with Crippen molar-refractivity contribution in [3.8, 4) is 0 Å². The van der Waals surface area contributed by atoms with Crippen molar-refractivity contribution in [2.24, 2.45) is 11.6 Å². The number of carbonyl (C=O) groups excluding carboxylic acids is 2. The Bertz CT molecular complexity index is 854. The number of rotatable bonds is 5. The van der Waals surface area contributed by atoms with Crippen molar-refractivity contribution in [3.63, 3.8) is 0 Å². The summed E-state index contributed by atoms with van der Waals surface area (Å²) in [6.07, 6.45) is 5.37. The molecule has 6 N–H and O–H groups in total. The maximum Gasteiger partial charge on any atom is 0.256 e. The molecule has 2 aromatic rings. The summed E-state index contributed by atoms with van der Waals surface area (Å²) in [5.74, 6) is 6.33. The lowest BCUT2D eigenvalue weighted by molar-refractivity contribution is -0.127. The van der Waals surface area contributed by atoms with E-state index < -0.39 is 6.17 Å². The molecule has 0 aliphatic carbocycles. The lowest BCUT2D eigenvalue weighted by Crippen LogP contribution is -2.49. The van der Waals surface area contributed by atoms with Crippen LogP contribution in [0.5, 0.6) is 0 Å². The van der Waals surface area contributed by atoms with Crippen molar-refractivity contribution in [2.45, 2.75) is 32.0 Å². The van der Waals surface area contributed by atoms with Crippen LogP contribution in [-0.2, 0) is 4.79 Å². The maximum absolute atomic E-state index is 12.3. The Labute approximate surface area is 156 Å². The number of piperidine rings is 1. The minimum Gasteiger partial charge on any atom is -0.344 e. The maximum atomic E-state index is 12.3. The minimum atomic E-state index is -0.479. The molecular formula is C17H24N8O2. The van der Waals surface area contributed by atoms with Gasteiger partial charge in [-0.3, -0.25) is 14.6 Å². The summed E-state index contributed by atoms with van der Waals surface area (Å²) in [6, 6.07) is 0.0193. The Morgan fingerprint density at radius 2 is 2.19 bits per heavy atom. The number of H-pyrrole nitrogens is 1. The molecule has 1 unspecified atom stereocenters. The average Bonchev–Trinajstić information content (AvgIpc) is 3.09. The second-order valence-corrected chi connectivity index (χ2v) is 6.56. The number of nitrogens with zero attached hydrogens (tertiary/aromatic N) is 4. The smallest absolute Gasteiger partial charge is 0.256 e. The first-order valence-corrected chi connectivity index (χ1v) is 8.76. The SMILES string of the molecule is C=CC(=O)N1CCC(N(N)c2cnc3[nH]cc(C(=O)NC(C)N)c3n2)CC1. The highest BCUT2D eigenvalue weighted by Gasteiger charge is 2.26. The molecule has 10 nitrogen and oxygen atoms in total. The number of hydrazine groups is 1. The van der Waals surface area contributed by atoms with Crippen LogP contribution in [0.4, 0.5) is 5.82 Å². The third-order valence-corrected chi connectivity index (χ3v) is 4.58. The lowest BCUT2D eigenvalue weighted by atomic mass is 10.0. The zero-order valence-electron chi connectivity index (χ0n) is 15.2. The first kappa shape index (κ1) is 18.8. The Balaban J connectivity index is 1.77. The number of fused-ring (bicyclic) bond motifs is 1. The van der Waals surface area contributed by atoms with Crippen LogP contribution in [0.15, 0.2) is 25.0 Å². The van der Waals surface area contributed by atoms with Gasteiger partial charge in [-0.1, -0.05) is 6.58 Å². The van der Waals surface area contributed by atoms with Gasteiger partial charge in [0.2, 0.25) is 5.91 Å². The molecule has 1 aliphatic rings. The van der Waals surface area contributed by atoms with E-state index in [0.717, 1.165) is 0 Å². The van der Waals surface area contributed by atoms with Crippen molar-refractivity contribution < 1.29 is 9.59 Å². The molecule has 144 valence electrons. The van der Waals surface area contributed by atoms with E-state index in [9.17, 15) is 9.59 Å². The monoisotopic (exact) mass is 372 g/mol. The number of amides is 2. The van der Waals surface area contributed by atoms with Gasteiger partial charge < -0.3 is 20.9 Å². The van der Waals surface area contributed by atoms with Crippen molar-refractivity contribution in [1.82, 2.24) is 25.2 Å². The summed E-state index contributed by atoms with van der Waals surface area (Å²) in [6.45, 7) is 6.39. The molecule has 1 atom stereocenters. The van der Waals surface area contributed by atoms with Crippen molar-refractivity contribution in [3.05, 3.63) is 30.6 Å². The zero-order valence-corrected chi connectivity index (χ0v) is 15.2. The van der Waals surface area contributed by atoms with E-state index in [1.807, 2.05) is 0 Å². The van der Waals surface area contributed by atoms with Crippen molar-refractivity contribution in [1.29, 1.82) is 0 Å². The molecule has 1 saturated heterocycles. The molecule has 27 heavy (non-hydrogen) atoms. The van der Waals surface area contributed by atoms with Gasteiger partial charge in [0.25, 0.3) is 5.91 Å². The van der Waals surface area contributed by atoms with E-state index in [0.29, 0.717) is 48.5 Å². The number of nitrogens with one attached hydrogen (secondary N) is 2. The van der Waals surface area contributed by atoms with E-state index in [1.54, 1.807) is 29.2 Å². The van der Waals surface area contributed by atoms with E-state index in [4.69, 9.17) is 11.6 Å². The number of aromatic nitrogens is 3. The molecule has 10 heteroatoms. The van der Waals surface area contributed by atoms with Crippen LogP contribution in [0, 0.1) is 0 Å². The predicted octanol–water partition coefficient (Wildman–Crippen LogP) is -0.150. The molecule has 0 saturated carbocycles. The van der Waals surface area contributed by atoms with Crippen LogP contribution >= 0.6 is 0 Å². The molecule has 0 spiro atoms. The summed E-state index contributed by atoms with van der Waals surface area (Å²) in [7, 11) is 0. The number of nitrogens with two attached hydrogens (primary N) is 2. The first-order chi connectivity index (χ1) is 12.9. The molecule has 0 bridgehead atoms. The van der Waals surface area contributed by atoms with Gasteiger partial charge in [0, 0.05) is 19.3 Å². The van der Waals surface area contributed by atoms with Gasteiger partial charge >= 0.3 is 0 Å². The first-order valence-electron chi connectivity index (χ1n) is 8.76. The van der Waals surface area contributed by atoms with E-state index >= 15 is 0 Å². The van der Waals surface area contributed by atoms with Gasteiger partial charge in [-0.2, -0.15) is 0 Å². The standard InChI is InChI=1S/C17H24N8O2/c1-3-14(26)24-6-4-11(5-7-24)25(19)13-9-21-16-15(23-13)12(8-20-16)17(27)22-10(2)18/h3,8-11H,1,4-7,18-19H2,2H3,(H,20,21)(H,22,27). The van der Waals surface area contributed by atoms with E-state index in [1.165, 1.54) is 6.08 Å². The van der Waals surface area contributed by atoms with Crippen LogP contribution in [-0.4, -0.2) is 57.0 Å². The van der Waals surface area contributed by atoms with Crippen molar-refractivity contribution in [2.75, 3.05) is 18.1 Å². The van der Waals surface area contributed by atoms with Gasteiger partial charge in [-0.15, -0.1) is 0 Å². The van der Waals surface area contributed by atoms with Crippen molar-refractivity contribution >= 4 is 28.8 Å². The third kappa shape index (κ3) is 3.91. The molecule has 3 rings (SSSR count). The fourth-order valence-electron chi connectivity index (χ4n) is 3.14. The summed E-state index contributed by atoms with van der Waals surface area (Å²) in [5.41, 5.74) is 6.90. The molecular weight excluding hydrogens is 348 g/mol. The fraction of sp³-hybridized carbons (Fsp3) is 0.412. The minimum absolute atomic E-state index is 0.0193. The Hall–Kier alpha value is -2.98. The molecule has 2 amide bonds. The van der Waals surface area contributed by atoms with Gasteiger partial charge in [0.1, 0.15) is 5.52 Å². The van der Waals surface area contributed by atoms with Gasteiger partial charge in [0.05, 0.1) is 24.0 Å². The number of carbonyl (C=O) groups is 2. The fourth-order valence-corrected chi connectivity index (χ4v) is 3.14. The van der Waals surface area contributed by atoms with Gasteiger partial charge in [-0.25, -0.2) is 15.8 Å². The predicted molar refractivity (Wildman–Crippen MR) is 101 cm³/mol. The lowest BCUT2D eigenvalue weighted by Gasteiger charge is -2.36. The van der Waals surface area contributed by atoms with Crippen LogP contribution < -0.4 is 21.9 Å². The second-order valence-electron chi connectivity index (χ2n) is 6.56. The summed E-state index contributed by atoms with van der Waals surface area (Å²) >= 11 is 0. The second kappa shape index (κ2) is 7.72. The summed E-state index contributed by atoms with van der Waals surface area (Å²) < 4.78 is 0. The van der Waals surface area contributed by atoms with Gasteiger partial charge in [0.15, 0.2) is 11.5 Å². The quantitative estimate of drug-likeness (QED) is 0.247. The Morgan fingerprint density at radius 1 is 1.48 bits per heavy atom. The Kier molecular flexibility index (Phi) is 5.38.